The number of aryl methyl sites for hydroxylation is 2. The van der Waals surface area contributed by atoms with E-state index in [9.17, 15) is 4.79 Å². The van der Waals surface area contributed by atoms with E-state index in [1.54, 1.807) is 0 Å². The molecule has 0 unspecified atom stereocenters. The normalized spacial score (nSPS) is 15.1. The summed E-state index contributed by atoms with van der Waals surface area (Å²) in [7, 11) is 0. The van der Waals surface area contributed by atoms with Crippen molar-refractivity contribution in [2.24, 2.45) is 0 Å². The molecule has 3 aromatic carbocycles. The molecule has 0 spiro atoms. The molecule has 1 saturated heterocycles. The van der Waals surface area contributed by atoms with Crippen LogP contribution in [0, 0.1) is 13.8 Å². The third-order valence-electron chi connectivity index (χ3n) is 7.49. The van der Waals surface area contributed by atoms with Gasteiger partial charge in [0.05, 0.1) is 6.54 Å². The highest BCUT2D eigenvalue weighted by molar-refractivity contribution is 6.30. The highest BCUT2D eigenvalue weighted by Crippen LogP contribution is 2.31. The van der Waals surface area contributed by atoms with Crippen LogP contribution in [0.5, 0.6) is 0 Å². The molecule has 1 aliphatic rings. The zero-order valence-electron chi connectivity index (χ0n) is 22.0. The van der Waals surface area contributed by atoms with Crippen molar-refractivity contribution < 1.29 is 0 Å². The van der Waals surface area contributed by atoms with Gasteiger partial charge in [0.2, 0.25) is 0 Å². The average Bonchev–Trinajstić information content (AvgIpc) is 3.39. The van der Waals surface area contributed by atoms with Gasteiger partial charge in [-0.05, 0) is 71.1 Å². The SMILES string of the molecule is Cc1ccc2[nH]c(=O)c([C@H](c3nnnn3Cc3ccccc3)N3CCN(c4cc(Cl)ccc4C)CC3)cc2c1. The maximum absolute atomic E-state index is 13.5. The van der Waals surface area contributed by atoms with E-state index in [1.165, 1.54) is 5.56 Å². The molecule has 198 valence electrons. The molecule has 1 N–H and O–H groups in total. The summed E-state index contributed by atoms with van der Waals surface area (Å²) in [6, 6.07) is 23.8. The first-order chi connectivity index (χ1) is 19.0. The number of aromatic amines is 1. The predicted molar refractivity (Wildman–Crippen MR) is 154 cm³/mol. The molecule has 2 aromatic heterocycles. The lowest BCUT2D eigenvalue weighted by Crippen LogP contribution is -2.49. The predicted octanol–water partition coefficient (Wildman–Crippen LogP) is 4.74. The molecule has 8 nitrogen and oxygen atoms in total. The van der Waals surface area contributed by atoms with E-state index in [0.717, 1.165) is 58.9 Å². The van der Waals surface area contributed by atoms with Gasteiger partial charge in [-0.2, -0.15) is 0 Å². The van der Waals surface area contributed by atoms with E-state index >= 15 is 0 Å². The van der Waals surface area contributed by atoms with E-state index in [1.807, 2.05) is 53.2 Å². The molecule has 0 amide bonds. The number of aromatic nitrogens is 5. The highest BCUT2D eigenvalue weighted by atomic mass is 35.5. The lowest BCUT2D eigenvalue weighted by atomic mass is 10.0. The van der Waals surface area contributed by atoms with E-state index in [4.69, 9.17) is 11.6 Å². The van der Waals surface area contributed by atoms with Gasteiger partial charge in [0.15, 0.2) is 5.82 Å². The first-order valence-corrected chi connectivity index (χ1v) is 13.5. The molecule has 1 fully saturated rings. The molecule has 3 heterocycles. The number of nitrogens with one attached hydrogen (secondary N) is 1. The third-order valence-corrected chi connectivity index (χ3v) is 7.73. The average molecular weight is 540 g/mol. The van der Waals surface area contributed by atoms with Gasteiger partial charge < -0.3 is 9.88 Å². The molecule has 1 aliphatic heterocycles. The van der Waals surface area contributed by atoms with Gasteiger partial charge in [-0.25, -0.2) is 4.68 Å². The maximum atomic E-state index is 13.5. The number of benzene rings is 3. The van der Waals surface area contributed by atoms with Crippen LogP contribution in [0.2, 0.25) is 5.02 Å². The third kappa shape index (κ3) is 5.17. The number of pyridine rings is 1. The lowest BCUT2D eigenvalue weighted by Gasteiger charge is -2.40. The summed E-state index contributed by atoms with van der Waals surface area (Å²) in [5, 5.41) is 14.6. The van der Waals surface area contributed by atoms with Crippen molar-refractivity contribution in [2.45, 2.75) is 26.4 Å². The van der Waals surface area contributed by atoms with Crippen molar-refractivity contribution in [3.8, 4) is 0 Å². The van der Waals surface area contributed by atoms with Crippen LogP contribution in [-0.2, 0) is 6.54 Å². The summed E-state index contributed by atoms with van der Waals surface area (Å²) in [5.41, 5.74) is 5.90. The van der Waals surface area contributed by atoms with E-state index in [0.29, 0.717) is 17.9 Å². The number of tetrazole rings is 1. The standard InChI is InChI=1S/C30H30ClN7O/c1-20-8-11-26-23(16-20)17-25(30(39)32-26)28(29-33-34-35-38(29)19-22-6-4-3-5-7-22)37-14-12-36(13-15-37)27-18-24(31)10-9-21(27)2/h3-11,16-18,28H,12-15,19H2,1-2H3,(H,32,39)/t28-/m1/s1. The number of fused-ring (bicyclic) bond motifs is 1. The molecule has 6 rings (SSSR count). The Bertz CT molecular complexity index is 1670. The smallest absolute Gasteiger partial charge is 0.253 e. The number of halogens is 1. The van der Waals surface area contributed by atoms with Crippen molar-refractivity contribution in [3.63, 3.8) is 0 Å². The zero-order valence-corrected chi connectivity index (χ0v) is 22.8. The Kier molecular flexibility index (Phi) is 6.89. The van der Waals surface area contributed by atoms with Crippen LogP contribution in [0.25, 0.3) is 10.9 Å². The highest BCUT2D eigenvalue weighted by Gasteiger charge is 2.33. The van der Waals surface area contributed by atoms with Gasteiger partial charge in [0.25, 0.3) is 5.56 Å². The Morgan fingerprint density at radius 2 is 1.74 bits per heavy atom. The molecular weight excluding hydrogens is 510 g/mol. The summed E-state index contributed by atoms with van der Waals surface area (Å²) in [4.78, 5) is 21.3. The second kappa shape index (κ2) is 10.6. The Labute approximate surface area is 231 Å². The second-order valence-electron chi connectivity index (χ2n) is 10.2. The Hall–Kier alpha value is -4.01. The van der Waals surface area contributed by atoms with Gasteiger partial charge >= 0.3 is 0 Å². The minimum absolute atomic E-state index is 0.126. The Morgan fingerprint density at radius 3 is 2.54 bits per heavy atom. The van der Waals surface area contributed by atoms with Crippen LogP contribution in [0.4, 0.5) is 5.69 Å². The van der Waals surface area contributed by atoms with Gasteiger partial charge in [0.1, 0.15) is 6.04 Å². The second-order valence-corrected chi connectivity index (χ2v) is 10.6. The summed E-state index contributed by atoms with van der Waals surface area (Å²) < 4.78 is 1.81. The van der Waals surface area contributed by atoms with Crippen LogP contribution in [0.3, 0.4) is 0 Å². The summed E-state index contributed by atoms with van der Waals surface area (Å²) >= 11 is 6.32. The largest absolute Gasteiger partial charge is 0.369 e. The number of piperazine rings is 1. The lowest BCUT2D eigenvalue weighted by molar-refractivity contribution is 0.200. The van der Waals surface area contributed by atoms with Crippen molar-refractivity contribution in [2.75, 3.05) is 31.1 Å². The fourth-order valence-corrected chi connectivity index (χ4v) is 5.63. The molecule has 0 radical (unpaired) electrons. The number of hydrogen-bond donors (Lipinski definition) is 1. The minimum atomic E-state index is -0.403. The van der Waals surface area contributed by atoms with E-state index in [2.05, 4.69) is 68.4 Å². The van der Waals surface area contributed by atoms with Crippen LogP contribution < -0.4 is 10.5 Å². The topological polar surface area (TPSA) is 82.9 Å². The van der Waals surface area contributed by atoms with Crippen LogP contribution in [0.15, 0.2) is 77.6 Å². The van der Waals surface area contributed by atoms with Crippen LogP contribution in [0.1, 0.15) is 34.1 Å². The maximum Gasteiger partial charge on any atom is 0.253 e. The van der Waals surface area contributed by atoms with Crippen LogP contribution >= 0.6 is 11.6 Å². The number of nitrogens with zero attached hydrogens (tertiary/aromatic N) is 6. The van der Waals surface area contributed by atoms with Gasteiger partial charge in [-0.3, -0.25) is 9.69 Å². The van der Waals surface area contributed by atoms with Crippen molar-refractivity contribution in [3.05, 3.63) is 116 Å². The Balaban J connectivity index is 1.39. The molecule has 0 aliphatic carbocycles. The van der Waals surface area contributed by atoms with E-state index in [-0.39, 0.29) is 5.56 Å². The Morgan fingerprint density at radius 1 is 0.949 bits per heavy atom. The molecule has 1 atom stereocenters. The first-order valence-electron chi connectivity index (χ1n) is 13.1. The minimum Gasteiger partial charge on any atom is -0.369 e. The monoisotopic (exact) mass is 539 g/mol. The molecular formula is C30H30ClN7O. The van der Waals surface area contributed by atoms with Crippen molar-refractivity contribution in [1.29, 1.82) is 0 Å². The number of hydrogen-bond acceptors (Lipinski definition) is 6. The van der Waals surface area contributed by atoms with Crippen molar-refractivity contribution in [1.82, 2.24) is 30.1 Å². The number of H-pyrrole nitrogens is 1. The van der Waals surface area contributed by atoms with Crippen LogP contribution in [-0.4, -0.2) is 56.3 Å². The zero-order chi connectivity index (χ0) is 26.9. The number of rotatable bonds is 6. The fourth-order valence-electron chi connectivity index (χ4n) is 5.47. The summed E-state index contributed by atoms with van der Waals surface area (Å²) in [6.45, 7) is 7.74. The molecule has 0 bridgehead atoms. The quantitative estimate of drug-likeness (QED) is 0.335. The molecule has 39 heavy (non-hydrogen) atoms. The molecule has 9 heteroatoms. The van der Waals surface area contributed by atoms with E-state index < -0.39 is 6.04 Å². The number of anilines is 1. The summed E-state index contributed by atoms with van der Waals surface area (Å²) in [5.74, 6) is 0.656. The van der Waals surface area contributed by atoms with Gasteiger partial charge in [0, 0.05) is 48.0 Å². The molecule has 5 aromatic rings. The molecule has 0 saturated carbocycles. The fraction of sp³-hybridized carbons (Fsp3) is 0.267. The van der Waals surface area contributed by atoms with Crippen molar-refractivity contribution >= 4 is 28.2 Å². The summed E-state index contributed by atoms with van der Waals surface area (Å²) in [6.07, 6.45) is 0. The van der Waals surface area contributed by atoms with Gasteiger partial charge in [-0.1, -0.05) is 59.6 Å². The van der Waals surface area contributed by atoms with Gasteiger partial charge in [-0.15, -0.1) is 5.10 Å². The first kappa shape index (κ1) is 25.3.